The molecule has 2 N–H and O–H groups in total. The van der Waals surface area contributed by atoms with Gasteiger partial charge in [0, 0.05) is 23.9 Å². The Morgan fingerprint density at radius 2 is 2.47 bits per heavy atom. The summed E-state index contributed by atoms with van der Waals surface area (Å²) < 4.78 is 0. The summed E-state index contributed by atoms with van der Waals surface area (Å²) in [7, 11) is 0. The third-order valence-electron chi connectivity index (χ3n) is 1.95. The van der Waals surface area contributed by atoms with Crippen molar-refractivity contribution in [1.82, 2.24) is 10.2 Å². The van der Waals surface area contributed by atoms with Gasteiger partial charge in [0.25, 0.3) is 0 Å². The van der Waals surface area contributed by atoms with E-state index in [9.17, 15) is 4.79 Å². The molecule has 0 aliphatic carbocycles. The third kappa shape index (κ3) is 4.38. The van der Waals surface area contributed by atoms with Crippen molar-refractivity contribution in [2.24, 2.45) is 0 Å². The molecular formula is C10H17N3OS. The van der Waals surface area contributed by atoms with Gasteiger partial charge in [0.1, 0.15) is 0 Å². The van der Waals surface area contributed by atoms with Crippen LogP contribution in [0.4, 0.5) is 5.82 Å². The van der Waals surface area contributed by atoms with E-state index < -0.39 is 0 Å². The molecule has 5 heteroatoms. The minimum absolute atomic E-state index is 0.0268. The number of aromatic amines is 1. The lowest BCUT2D eigenvalue weighted by molar-refractivity contribution is -0.115. The maximum Gasteiger partial charge on any atom is 0.226 e. The van der Waals surface area contributed by atoms with Crippen LogP contribution in [0, 0.1) is 0 Å². The van der Waals surface area contributed by atoms with Crippen molar-refractivity contribution in [3.05, 3.63) is 11.8 Å². The smallest absolute Gasteiger partial charge is 0.226 e. The second-order valence-corrected chi connectivity index (χ2v) is 4.30. The van der Waals surface area contributed by atoms with Crippen molar-refractivity contribution >= 4 is 23.5 Å². The van der Waals surface area contributed by atoms with Gasteiger partial charge in [-0.15, -0.1) is 0 Å². The molecule has 1 aromatic heterocycles. The summed E-state index contributed by atoms with van der Waals surface area (Å²) in [5, 5.41) is 9.68. The van der Waals surface area contributed by atoms with Gasteiger partial charge >= 0.3 is 0 Å². The Bertz CT molecular complexity index is 311. The topological polar surface area (TPSA) is 57.8 Å². The number of thioether (sulfide) groups is 1. The Morgan fingerprint density at radius 1 is 1.67 bits per heavy atom. The lowest BCUT2D eigenvalue weighted by Gasteiger charge is -1.99. The molecule has 84 valence electrons. The molecule has 1 heterocycles. The fourth-order valence-electron chi connectivity index (χ4n) is 1.22. The number of carbonyl (C=O) groups is 1. The van der Waals surface area contributed by atoms with E-state index in [2.05, 4.69) is 22.4 Å². The van der Waals surface area contributed by atoms with Crippen molar-refractivity contribution in [3.63, 3.8) is 0 Å². The first-order valence-electron chi connectivity index (χ1n) is 5.09. The van der Waals surface area contributed by atoms with Crippen LogP contribution in [0.1, 0.15) is 25.5 Å². The van der Waals surface area contributed by atoms with Crippen LogP contribution in [-0.4, -0.2) is 28.1 Å². The van der Waals surface area contributed by atoms with Gasteiger partial charge in [-0.1, -0.05) is 13.3 Å². The lowest BCUT2D eigenvalue weighted by atomic mass is 10.2. The number of hydrogen-bond donors (Lipinski definition) is 2. The van der Waals surface area contributed by atoms with Gasteiger partial charge in [-0.3, -0.25) is 9.89 Å². The van der Waals surface area contributed by atoms with Crippen molar-refractivity contribution < 1.29 is 4.79 Å². The second kappa shape index (κ2) is 6.50. The Kier molecular flexibility index (Phi) is 5.25. The molecule has 0 aliphatic rings. The molecule has 0 aromatic carbocycles. The number of nitrogens with one attached hydrogen (secondary N) is 2. The largest absolute Gasteiger partial charge is 0.309 e. The Hall–Kier alpha value is -0.970. The van der Waals surface area contributed by atoms with Crippen LogP contribution in [0.3, 0.4) is 0 Å². The number of H-pyrrole nitrogens is 1. The third-order valence-corrected chi connectivity index (χ3v) is 2.56. The normalized spacial score (nSPS) is 10.3. The van der Waals surface area contributed by atoms with Gasteiger partial charge in [0.2, 0.25) is 5.91 Å². The van der Waals surface area contributed by atoms with Crippen molar-refractivity contribution in [3.8, 4) is 0 Å². The van der Waals surface area contributed by atoms with Gasteiger partial charge in [-0.2, -0.15) is 16.9 Å². The molecule has 0 fully saturated rings. The van der Waals surface area contributed by atoms with Crippen LogP contribution in [0.25, 0.3) is 0 Å². The van der Waals surface area contributed by atoms with E-state index in [0.29, 0.717) is 12.2 Å². The van der Waals surface area contributed by atoms with E-state index in [-0.39, 0.29) is 5.91 Å². The van der Waals surface area contributed by atoms with E-state index >= 15 is 0 Å². The molecule has 0 atom stereocenters. The van der Waals surface area contributed by atoms with Gasteiger partial charge in [0.05, 0.1) is 0 Å². The standard InChI is InChI=1S/C10H17N3OS/c1-3-4-8-7-9(13-12-8)11-10(14)5-6-15-2/h7H,3-6H2,1-2H3,(H2,11,12,13,14). The van der Waals surface area contributed by atoms with Crippen LogP contribution in [0.2, 0.25) is 0 Å². The van der Waals surface area contributed by atoms with Gasteiger partial charge in [0.15, 0.2) is 5.82 Å². The predicted molar refractivity (Wildman–Crippen MR) is 64.2 cm³/mol. The molecule has 15 heavy (non-hydrogen) atoms. The first-order valence-corrected chi connectivity index (χ1v) is 6.48. The summed E-state index contributed by atoms with van der Waals surface area (Å²) in [4.78, 5) is 11.4. The first-order chi connectivity index (χ1) is 7.26. The first kappa shape index (κ1) is 12.1. The summed E-state index contributed by atoms with van der Waals surface area (Å²) in [6.07, 6.45) is 4.56. The zero-order chi connectivity index (χ0) is 11.1. The van der Waals surface area contributed by atoms with E-state index in [4.69, 9.17) is 0 Å². The lowest BCUT2D eigenvalue weighted by Crippen LogP contribution is -2.12. The summed E-state index contributed by atoms with van der Waals surface area (Å²) in [5.74, 6) is 1.50. The van der Waals surface area contributed by atoms with E-state index in [0.717, 1.165) is 24.3 Å². The molecule has 0 bridgehead atoms. The number of hydrogen-bond acceptors (Lipinski definition) is 3. The fraction of sp³-hybridized carbons (Fsp3) is 0.600. The van der Waals surface area contributed by atoms with Crippen LogP contribution >= 0.6 is 11.8 Å². The highest BCUT2D eigenvalue weighted by Crippen LogP contribution is 2.08. The van der Waals surface area contributed by atoms with Crippen LogP contribution in [-0.2, 0) is 11.2 Å². The maximum atomic E-state index is 11.4. The maximum absolute atomic E-state index is 11.4. The van der Waals surface area contributed by atoms with E-state index in [1.807, 2.05) is 12.3 Å². The molecular weight excluding hydrogens is 210 g/mol. The molecule has 1 aromatic rings. The number of nitrogens with zero attached hydrogens (tertiary/aromatic N) is 1. The highest BCUT2D eigenvalue weighted by molar-refractivity contribution is 7.98. The fourth-order valence-corrected chi connectivity index (χ4v) is 1.61. The Balaban J connectivity index is 2.39. The second-order valence-electron chi connectivity index (χ2n) is 3.32. The number of anilines is 1. The Labute approximate surface area is 94.2 Å². The predicted octanol–water partition coefficient (Wildman–Crippen LogP) is 2.05. The van der Waals surface area contributed by atoms with Crippen LogP contribution in [0.15, 0.2) is 6.07 Å². The van der Waals surface area contributed by atoms with Crippen LogP contribution < -0.4 is 5.32 Å². The molecule has 4 nitrogen and oxygen atoms in total. The highest BCUT2D eigenvalue weighted by Gasteiger charge is 2.04. The minimum atomic E-state index is 0.0268. The summed E-state index contributed by atoms with van der Waals surface area (Å²) in [6, 6.07) is 1.89. The number of aromatic nitrogens is 2. The van der Waals surface area contributed by atoms with Gasteiger partial charge in [-0.05, 0) is 12.7 Å². The van der Waals surface area contributed by atoms with Crippen molar-refractivity contribution in [1.29, 1.82) is 0 Å². The zero-order valence-electron chi connectivity index (χ0n) is 9.17. The highest BCUT2D eigenvalue weighted by atomic mass is 32.2. The van der Waals surface area contributed by atoms with Crippen LogP contribution in [0.5, 0.6) is 0 Å². The molecule has 0 saturated carbocycles. The quantitative estimate of drug-likeness (QED) is 0.782. The van der Waals surface area contributed by atoms with Gasteiger partial charge in [-0.25, -0.2) is 0 Å². The van der Waals surface area contributed by atoms with Crippen molar-refractivity contribution in [2.75, 3.05) is 17.3 Å². The molecule has 0 radical (unpaired) electrons. The summed E-state index contributed by atoms with van der Waals surface area (Å²) in [6.45, 7) is 2.11. The average molecular weight is 227 g/mol. The van der Waals surface area contributed by atoms with E-state index in [1.54, 1.807) is 11.8 Å². The number of rotatable bonds is 6. The molecule has 0 saturated heterocycles. The SMILES string of the molecule is CCCc1cc(NC(=O)CCSC)n[nH]1. The molecule has 1 amide bonds. The molecule has 0 spiro atoms. The summed E-state index contributed by atoms with van der Waals surface area (Å²) >= 11 is 1.66. The van der Waals surface area contributed by atoms with Crippen molar-refractivity contribution in [2.45, 2.75) is 26.2 Å². The minimum Gasteiger partial charge on any atom is -0.309 e. The number of aryl methyl sites for hydroxylation is 1. The molecule has 0 aliphatic heterocycles. The molecule has 1 rings (SSSR count). The summed E-state index contributed by atoms with van der Waals surface area (Å²) in [5.41, 5.74) is 1.07. The van der Waals surface area contributed by atoms with Gasteiger partial charge < -0.3 is 5.32 Å². The number of amides is 1. The van der Waals surface area contributed by atoms with E-state index in [1.165, 1.54) is 0 Å². The average Bonchev–Trinajstić information content (AvgIpc) is 2.63. The monoisotopic (exact) mass is 227 g/mol. The molecule has 0 unspecified atom stereocenters. The zero-order valence-corrected chi connectivity index (χ0v) is 9.99. The Morgan fingerprint density at radius 3 is 3.13 bits per heavy atom. The number of carbonyl (C=O) groups excluding carboxylic acids is 1.